The van der Waals surface area contributed by atoms with Crippen molar-refractivity contribution >= 4 is 23.4 Å². The molecule has 0 aliphatic rings. The molecule has 150 valence electrons. The first-order chi connectivity index (χ1) is 13.3. The van der Waals surface area contributed by atoms with Crippen LogP contribution in [0.5, 0.6) is 0 Å². The summed E-state index contributed by atoms with van der Waals surface area (Å²) in [5, 5.41) is 3.62. The molecule has 0 aliphatic carbocycles. The third kappa shape index (κ3) is 6.10. The van der Waals surface area contributed by atoms with Gasteiger partial charge in [-0.25, -0.2) is 0 Å². The van der Waals surface area contributed by atoms with E-state index in [1.54, 1.807) is 24.0 Å². The highest BCUT2D eigenvalue weighted by atomic mass is 35.5. The highest BCUT2D eigenvalue weighted by molar-refractivity contribution is 6.30. The van der Waals surface area contributed by atoms with E-state index >= 15 is 0 Å². The molecule has 0 heterocycles. The molecule has 0 saturated carbocycles. The summed E-state index contributed by atoms with van der Waals surface area (Å²) in [6.07, 6.45) is 1.07. The smallest absolute Gasteiger partial charge is 0.242 e. The van der Waals surface area contributed by atoms with Gasteiger partial charge in [0.1, 0.15) is 6.04 Å². The highest BCUT2D eigenvalue weighted by Crippen LogP contribution is 2.16. The van der Waals surface area contributed by atoms with Gasteiger partial charge in [0.15, 0.2) is 0 Å². The Bertz CT molecular complexity index is 805. The van der Waals surface area contributed by atoms with Gasteiger partial charge in [-0.05, 0) is 56.0 Å². The Morgan fingerprint density at radius 3 is 2.32 bits per heavy atom. The summed E-state index contributed by atoms with van der Waals surface area (Å²) in [5.74, 6) is -0.218. The molecule has 2 rings (SSSR count). The summed E-state index contributed by atoms with van der Waals surface area (Å²) < 4.78 is 0. The van der Waals surface area contributed by atoms with Crippen molar-refractivity contribution in [1.29, 1.82) is 0 Å². The number of hydrogen-bond donors (Lipinski definition) is 1. The molecule has 0 aromatic heterocycles. The normalized spacial score (nSPS) is 12.9. The third-order valence-electron chi connectivity index (χ3n) is 5.04. The Morgan fingerprint density at radius 1 is 1.07 bits per heavy atom. The lowest BCUT2D eigenvalue weighted by atomic mass is 10.1. The van der Waals surface area contributed by atoms with Crippen molar-refractivity contribution in [2.75, 3.05) is 0 Å². The van der Waals surface area contributed by atoms with E-state index in [-0.39, 0.29) is 24.3 Å². The summed E-state index contributed by atoms with van der Waals surface area (Å²) >= 11 is 5.94. The molecule has 2 aromatic rings. The summed E-state index contributed by atoms with van der Waals surface area (Å²) in [7, 11) is 0. The van der Waals surface area contributed by atoms with Crippen LogP contribution in [0.2, 0.25) is 5.02 Å². The van der Waals surface area contributed by atoms with Crippen LogP contribution in [0.25, 0.3) is 0 Å². The first kappa shape index (κ1) is 22.0. The average Bonchev–Trinajstić information content (AvgIpc) is 2.68. The van der Waals surface area contributed by atoms with Crippen LogP contribution in [0.4, 0.5) is 0 Å². The molecular formula is C23H29ClN2O2. The predicted octanol–water partition coefficient (Wildman–Crippen LogP) is 4.52. The Kier molecular flexibility index (Phi) is 8.06. The molecule has 2 aromatic carbocycles. The second-order valence-corrected chi connectivity index (χ2v) is 7.68. The Labute approximate surface area is 172 Å². The number of carbonyl (C=O) groups excluding carboxylic acids is 2. The van der Waals surface area contributed by atoms with Crippen LogP contribution in [-0.4, -0.2) is 28.8 Å². The van der Waals surface area contributed by atoms with Crippen LogP contribution in [0.15, 0.2) is 48.5 Å². The van der Waals surface area contributed by atoms with Crippen molar-refractivity contribution in [3.8, 4) is 0 Å². The fourth-order valence-electron chi connectivity index (χ4n) is 2.90. The molecule has 0 saturated heterocycles. The van der Waals surface area contributed by atoms with Crippen LogP contribution >= 0.6 is 11.6 Å². The van der Waals surface area contributed by atoms with Crippen LogP contribution in [0.3, 0.4) is 0 Å². The fraction of sp³-hybridized carbons (Fsp3) is 0.391. The van der Waals surface area contributed by atoms with Crippen molar-refractivity contribution in [2.24, 2.45) is 0 Å². The standard InChI is InChI=1S/C23H29ClN2O2/c1-5-17(3)25-23(28)18(4)26(15-20-9-7-6-8-16(20)2)22(27)14-19-10-12-21(24)13-11-19/h6-13,17-18H,5,14-15H2,1-4H3,(H,25,28)/t17-,18-/m0/s1. The number of aryl methyl sites for hydroxylation is 1. The van der Waals surface area contributed by atoms with E-state index in [1.807, 2.05) is 57.2 Å². The van der Waals surface area contributed by atoms with Gasteiger partial charge >= 0.3 is 0 Å². The molecule has 0 aliphatic heterocycles. The maximum absolute atomic E-state index is 13.1. The van der Waals surface area contributed by atoms with Gasteiger partial charge in [0.05, 0.1) is 6.42 Å². The lowest BCUT2D eigenvalue weighted by Crippen LogP contribution is -2.50. The van der Waals surface area contributed by atoms with E-state index in [1.165, 1.54) is 0 Å². The summed E-state index contributed by atoms with van der Waals surface area (Å²) in [6.45, 7) is 8.18. The minimum Gasteiger partial charge on any atom is -0.352 e. The maximum atomic E-state index is 13.1. The van der Waals surface area contributed by atoms with Gasteiger partial charge in [-0.3, -0.25) is 9.59 Å². The molecule has 28 heavy (non-hydrogen) atoms. The van der Waals surface area contributed by atoms with Crippen molar-refractivity contribution in [3.05, 3.63) is 70.2 Å². The Morgan fingerprint density at radius 2 is 1.71 bits per heavy atom. The van der Waals surface area contributed by atoms with Crippen LogP contribution < -0.4 is 5.32 Å². The molecule has 2 atom stereocenters. The molecular weight excluding hydrogens is 372 g/mol. The third-order valence-corrected chi connectivity index (χ3v) is 5.29. The van der Waals surface area contributed by atoms with Crippen molar-refractivity contribution in [3.63, 3.8) is 0 Å². The minimum absolute atomic E-state index is 0.0710. The zero-order valence-corrected chi connectivity index (χ0v) is 17.8. The molecule has 2 amide bonds. The number of nitrogens with zero attached hydrogens (tertiary/aromatic N) is 1. The molecule has 0 radical (unpaired) electrons. The predicted molar refractivity (Wildman–Crippen MR) is 114 cm³/mol. The van der Waals surface area contributed by atoms with E-state index in [4.69, 9.17) is 11.6 Å². The molecule has 1 N–H and O–H groups in total. The van der Waals surface area contributed by atoms with Crippen molar-refractivity contribution in [2.45, 2.75) is 59.2 Å². The number of nitrogens with one attached hydrogen (secondary N) is 1. The van der Waals surface area contributed by atoms with Crippen molar-refractivity contribution < 1.29 is 9.59 Å². The van der Waals surface area contributed by atoms with E-state index in [2.05, 4.69) is 5.32 Å². The quantitative estimate of drug-likeness (QED) is 0.708. The maximum Gasteiger partial charge on any atom is 0.242 e. The second kappa shape index (κ2) is 10.3. The van der Waals surface area contributed by atoms with Crippen LogP contribution in [-0.2, 0) is 22.6 Å². The SMILES string of the molecule is CC[C@H](C)NC(=O)[C@H](C)N(Cc1ccccc1C)C(=O)Cc1ccc(Cl)cc1. The first-order valence-corrected chi connectivity index (χ1v) is 10.1. The zero-order chi connectivity index (χ0) is 20.7. The summed E-state index contributed by atoms with van der Waals surface area (Å²) in [6, 6.07) is 14.7. The first-order valence-electron chi connectivity index (χ1n) is 9.70. The summed E-state index contributed by atoms with van der Waals surface area (Å²) in [5.41, 5.74) is 3.01. The molecule has 0 unspecified atom stereocenters. The van der Waals surface area contributed by atoms with E-state index < -0.39 is 6.04 Å². The number of amides is 2. The Hall–Kier alpha value is -2.33. The summed E-state index contributed by atoms with van der Waals surface area (Å²) in [4.78, 5) is 27.5. The second-order valence-electron chi connectivity index (χ2n) is 7.25. The van der Waals surface area contributed by atoms with Gasteiger partial charge in [-0.15, -0.1) is 0 Å². The Balaban J connectivity index is 2.23. The number of hydrogen-bond acceptors (Lipinski definition) is 2. The zero-order valence-electron chi connectivity index (χ0n) is 17.0. The monoisotopic (exact) mass is 400 g/mol. The largest absolute Gasteiger partial charge is 0.352 e. The lowest BCUT2D eigenvalue weighted by Gasteiger charge is -2.30. The lowest BCUT2D eigenvalue weighted by molar-refractivity contribution is -0.140. The molecule has 0 fully saturated rings. The minimum atomic E-state index is -0.562. The van der Waals surface area contributed by atoms with E-state index in [0.29, 0.717) is 11.6 Å². The molecule has 0 spiro atoms. The van der Waals surface area contributed by atoms with Gasteiger partial charge < -0.3 is 10.2 Å². The highest BCUT2D eigenvalue weighted by Gasteiger charge is 2.27. The molecule has 0 bridgehead atoms. The average molecular weight is 401 g/mol. The van der Waals surface area contributed by atoms with Gasteiger partial charge in [-0.1, -0.05) is 54.9 Å². The van der Waals surface area contributed by atoms with Gasteiger partial charge in [-0.2, -0.15) is 0 Å². The number of rotatable bonds is 8. The molecule has 5 heteroatoms. The number of carbonyl (C=O) groups is 2. The number of halogens is 1. The fourth-order valence-corrected chi connectivity index (χ4v) is 3.02. The van der Waals surface area contributed by atoms with Crippen LogP contribution in [0, 0.1) is 6.92 Å². The van der Waals surface area contributed by atoms with E-state index in [9.17, 15) is 9.59 Å². The molecule has 4 nitrogen and oxygen atoms in total. The van der Waals surface area contributed by atoms with E-state index in [0.717, 1.165) is 23.1 Å². The van der Waals surface area contributed by atoms with Crippen LogP contribution in [0.1, 0.15) is 43.9 Å². The van der Waals surface area contributed by atoms with Gasteiger partial charge in [0.25, 0.3) is 0 Å². The number of benzene rings is 2. The van der Waals surface area contributed by atoms with Crippen molar-refractivity contribution in [1.82, 2.24) is 10.2 Å². The van der Waals surface area contributed by atoms with Gasteiger partial charge in [0.2, 0.25) is 11.8 Å². The topological polar surface area (TPSA) is 49.4 Å². The van der Waals surface area contributed by atoms with Gasteiger partial charge in [0, 0.05) is 17.6 Å².